The average molecular weight is 550 g/mol. The summed E-state index contributed by atoms with van der Waals surface area (Å²) in [5.74, 6) is 1.38. The highest BCUT2D eigenvalue weighted by Gasteiger charge is 2.26. The van der Waals surface area contributed by atoms with Crippen molar-refractivity contribution in [3.8, 4) is 5.75 Å². The number of carbonyl (C=O) groups excluding carboxylic acids is 1. The number of nitrogens with zero attached hydrogens (tertiary/aromatic N) is 1. The summed E-state index contributed by atoms with van der Waals surface area (Å²) in [6, 6.07) is 15.6. The number of aliphatic hydroxyl groups is 2. The van der Waals surface area contributed by atoms with Gasteiger partial charge >= 0.3 is 0 Å². The van der Waals surface area contributed by atoms with E-state index in [0.717, 1.165) is 36.0 Å². The number of hydrogen-bond donors (Lipinski definition) is 3. The fourth-order valence-corrected chi connectivity index (χ4v) is 4.07. The topological polar surface area (TPSA) is 95.0 Å². The molecule has 1 amide bonds. The van der Waals surface area contributed by atoms with Crippen LogP contribution in [0.1, 0.15) is 38.1 Å². The first-order valence-electron chi connectivity index (χ1n) is 11.8. The molecule has 1 aliphatic heterocycles. The number of rotatable bonds is 7. The summed E-state index contributed by atoms with van der Waals surface area (Å²) in [5.41, 5.74) is 3.68. The molecule has 0 saturated carbocycles. The highest BCUT2D eigenvalue weighted by molar-refractivity contribution is 9.10. The third kappa shape index (κ3) is 8.96. The predicted octanol–water partition coefficient (Wildman–Crippen LogP) is 4.71. The monoisotopic (exact) mass is 548 g/mol. The van der Waals surface area contributed by atoms with Gasteiger partial charge in [0.05, 0.1) is 12.6 Å². The number of H-pyrrole nitrogens is 1. The Hall–Kier alpha value is -2.39. The smallest absolute Gasteiger partial charge is 0.210 e. The third-order valence-corrected chi connectivity index (χ3v) is 5.96. The van der Waals surface area contributed by atoms with Crippen LogP contribution in [-0.4, -0.2) is 66.1 Å². The lowest BCUT2D eigenvalue weighted by Gasteiger charge is -2.30. The van der Waals surface area contributed by atoms with Crippen LogP contribution in [0.2, 0.25) is 0 Å². The molecular formula is C27H37BrN2O5. The summed E-state index contributed by atoms with van der Waals surface area (Å²) in [6.45, 7) is 7.86. The lowest BCUT2D eigenvalue weighted by molar-refractivity contribution is -0.120. The number of para-hydroxylation sites is 1. The van der Waals surface area contributed by atoms with E-state index in [9.17, 15) is 4.79 Å². The first-order chi connectivity index (χ1) is 16.8. The highest BCUT2D eigenvalue weighted by Crippen LogP contribution is 2.34. The molecule has 1 aromatic heterocycles. The molecule has 0 saturated heterocycles. The number of benzene rings is 2. The molecule has 3 aromatic rings. The normalized spacial score (nSPS) is 15.4. The Balaban J connectivity index is 0.000000210. The van der Waals surface area contributed by atoms with Crippen LogP contribution in [-0.2, 0) is 16.0 Å². The van der Waals surface area contributed by atoms with Crippen molar-refractivity contribution in [1.29, 1.82) is 0 Å². The van der Waals surface area contributed by atoms with Gasteiger partial charge in [-0.15, -0.1) is 0 Å². The number of ether oxygens (including phenoxy) is 2. The summed E-state index contributed by atoms with van der Waals surface area (Å²) in [6.07, 6.45) is 1.06. The van der Waals surface area contributed by atoms with E-state index in [-0.39, 0.29) is 19.3 Å². The van der Waals surface area contributed by atoms with Crippen LogP contribution in [0.15, 0.2) is 53.0 Å². The van der Waals surface area contributed by atoms with Gasteiger partial charge in [0.1, 0.15) is 18.5 Å². The van der Waals surface area contributed by atoms with Crippen LogP contribution < -0.4 is 4.74 Å². The molecule has 2 atom stereocenters. The van der Waals surface area contributed by atoms with Crippen molar-refractivity contribution >= 4 is 33.2 Å². The minimum Gasteiger partial charge on any atom is -0.491 e. The second kappa shape index (κ2) is 14.9. The molecule has 0 bridgehead atoms. The minimum absolute atomic E-state index is 0.126. The number of carbonyl (C=O) groups is 1. The Labute approximate surface area is 216 Å². The molecule has 1 aliphatic rings. The lowest BCUT2D eigenvalue weighted by Crippen LogP contribution is -2.32. The summed E-state index contributed by atoms with van der Waals surface area (Å²) in [7, 11) is 1.72. The first kappa shape index (κ1) is 28.8. The van der Waals surface area contributed by atoms with E-state index < -0.39 is 6.10 Å². The van der Waals surface area contributed by atoms with Crippen molar-refractivity contribution in [2.45, 2.75) is 39.3 Å². The molecule has 35 heavy (non-hydrogen) atoms. The van der Waals surface area contributed by atoms with E-state index in [1.165, 1.54) is 16.6 Å². The van der Waals surface area contributed by atoms with Crippen molar-refractivity contribution in [3.05, 3.63) is 64.3 Å². The Kier molecular flexibility index (Phi) is 12.3. The number of aromatic nitrogens is 1. The lowest BCUT2D eigenvalue weighted by atomic mass is 9.99. The second-order valence-corrected chi connectivity index (χ2v) is 9.70. The molecule has 8 heteroatoms. The van der Waals surface area contributed by atoms with Gasteiger partial charge in [0.25, 0.3) is 0 Å². The number of aromatic amines is 1. The zero-order valence-corrected chi connectivity index (χ0v) is 22.5. The number of methoxy groups -OCH3 is 1. The molecule has 2 unspecified atom stereocenters. The van der Waals surface area contributed by atoms with Crippen molar-refractivity contribution < 1.29 is 24.5 Å². The molecule has 0 radical (unpaired) electrons. The second-order valence-electron chi connectivity index (χ2n) is 8.79. The molecule has 0 spiro atoms. The van der Waals surface area contributed by atoms with Crippen LogP contribution >= 0.6 is 15.9 Å². The predicted molar refractivity (Wildman–Crippen MR) is 143 cm³/mol. The van der Waals surface area contributed by atoms with Crippen molar-refractivity contribution in [2.75, 3.05) is 33.5 Å². The zero-order chi connectivity index (χ0) is 25.8. The van der Waals surface area contributed by atoms with Gasteiger partial charge < -0.3 is 29.6 Å². The molecule has 7 nitrogen and oxygen atoms in total. The van der Waals surface area contributed by atoms with Crippen LogP contribution in [0.4, 0.5) is 0 Å². The number of fused-ring (bicyclic) bond motifs is 3. The summed E-state index contributed by atoms with van der Waals surface area (Å²) < 4.78 is 11.0. The van der Waals surface area contributed by atoms with Gasteiger partial charge in [0.15, 0.2) is 0 Å². The van der Waals surface area contributed by atoms with E-state index in [4.69, 9.17) is 19.7 Å². The number of halogens is 1. The maximum atomic E-state index is 11.0. The van der Waals surface area contributed by atoms with Gasteiger partial charge in [0.2, 0.25) is 6.41 Å². The minimum atomic E-state index is -0.801. The number of aliphatic hydroxyl groups excluding tert-OH is 2. The van der Waals surface area contributed by atoms with Crippen LogP contribution in [0.25, 0.3) is 10.9 Å². The zero-order valence-electron chi connectivity index (χ0n) is 20.9. The third-order valence-electron chi connectivity index (χ3n) is 5.47. The molecule has 0 fully saturated rings. The number of hydrogen-bond acceptors (Lipinski definition) is 5. The van der Waals surface area contributed by atoms with E-state index >= 15 is 0 Å². The van der Waals surface area contributed by atoms with Gasteiger partial charge in [-0.3, -0.25) is 4.79 Å². The maximum Gasteiger partial charge on any atom is 0.210 e. The fourth-order valence-electron chi connectivity index (χ4n) is 3.71. The maximum absolute atomic E-state index is 11.0. The highest BCUT2D eigenvalue weighted by atomic mass is 79.9. The standard InChI is InChI=1S/C13H13BrN2O.C9H12O3.C5H12O/c1-8-13-10(4-5-16(8)7-17)11-6-9(14)2-3-12(11)15-13;10-6-8(11)7-12-9-4-2-1-3-5-9;1-5(2)4-6-3/h2-3,6-8,15H,4-5H2,1H3;1-5,8,10-11H,6-7H2;5H,4H2,1-3H3. The van der Waals surface area contributed by atoms with Crippen LogP contribution in [0.5, 0.6) is 5.75 Å². The van der Waals surface area contributed by atoms with E-state index in [2.05, 4.69) is 53.8 Å². The van der Waals surface area contributed by atoms with Crippen LogP contribution in [0.3, 0.4) is 0 Å². The molecule has 2 aromatic carbocycles. The largest absolute Gasteiger partial charge is 0.491 e. The van der Waals surface area contributed by atoms with Gasteiger partial charge in [-0.2, -0.15) is 0 Å². The first-order valence-corrected chi connectivity index (χ1v) is 12.6. The molecule has 4 rings (SSSR count). The number of amides is 1. The molecule has 0 aliphatic carbocycles. The van der Waals surface area contributed by atoms with Crippen molar-refractivity contribution in [2.24, 2.45) is 5.92 Å². The Morgan fingerprint density at radius 1 is 1.20 bits per heavy atom. The quantitative estimate of drug-likeness (QED) is 0.371. The molecular weight excluding hydrogens is 512 g/mol. The average Bonchev–Trinajstić information content (AvgIpc) is 3.23. The summed E-state index contributed by atoms with van der Waals surface area (Å²) >= 11 is 3.51. The van der Waals surface area contributed by atoms with Gasteiger partial charge in [-0.1, -0.05) is 48.0 Å². The van der Waals surface area contributed by atoms with Crippen molar-refractivity contribution in [1.82, 2.24) is 9.88 Å². The van der Waals surface area contributed by atoms with Gasteiger partial charge in [-0.05, 0) is 55.2 Å². The summed E-state index contributed by atoms with van der Waals surface area (Å²) in [4.78, 5) is 16.2. The van der Waals surface area contributed by atoms with E-state index in [1.807, 2.05) is 29.2 Å². The van der Waals surface area contributed by atoms with Crippen LogP contribution in [0, 0.1) is 5.92 Å². The molecule has 2 heterocycles. The van der Waals surface area contributed by atoms with E-state index in [1.54, 1.807) is 19.2 Å². The Morgan fingerprint density at radius 2 is 1.91 bits per heavy atom. The Morgan fingerprint density at radius 3 is 2.49 bits per heavy atom. The van der Waals surface area contributed by atoms with E-state index in [0.29, 0.717) is 11.7 Å². The fraction of sp³-hybridized carbons (Fsp3) is 0.444. The van der Waals surface area contributed by atoms with Gasteiger partial charge in [-0.25, -0.2) is 0 Å². The molecule has 192 valence electrons. The van der Waals surface area contributed by atoms with Crippen molar-refractivity contribution in [3.63, 3.8) is 0 Å². The Bertz CT molecular complexity index is 1030. The molecule has 3 N–H and O–H groups in total. The van der Waals surface area contributed by atoms with Gasteiger partial charge in [0, 0.05) is 41.3 Å². The number of nitrogens with one attached hydrogen (secondary N) is 1. The SMILES string of the molecule is CC1c2[nH]c3ccc(Br)cc3c2CCN1C=O.COCC(C)C.OCC(O)COc1ccccc1. The summed E-state index contributed by atoms with van der Waals surface area (Å²) in [5, 5.41) is 18.7.